The molecule has 4 nitrogen and oxygen atoms in total. The zero-order chi connectivity index (χ0) is 17.3. The number of aliphatic hydroxyl groups is 1. The molecule has 3 unspecified atom stereocenters. The number of rotatable bonds is 5. The van der Waals surface area contributed by atoms with Gasteiger partial charge in [-0.1, -0.05) is 49.6 Å². The van der Waals surface area contributed by atoms with Gasteiger partial charge in [0.2, 0.25) is 0 Å². The van der Waals surface area contributed by atoms with Crippen LogP contribution < -0.4 is 5.32 Å². The predicted molar refractivity (Wildman–Crippen MR) is 97.0 cm³/mol. The molecule has 2 saturated carbocycles. The second-order valence-corrected chi connectivity index (χ2v) is 8.39. The SMILES string of the molecule is OOC(C1C2CCCC1CNC2)[C@](O)(c1ccccc1)C1CCCC1. The molecule has 0 radical (unpaired) electrons. The lowest BCUT2D eigenvalue weighted by Gasteiger charge is -2.51. The van der Waals surface area contributed by atoms with E-state index in [4.69, 9.17) is 4.89 Å². The molecule has 25 heavy (non-hydrogen) atoms. The van der Waals surface area contributed by atoms with Gasteiger partial charge in [0.05, 0.1) is 0 Å². The Hall–Kier alpha value is -0.940. The Bertz CT molecular complexity index is 538. The van der Waals surface area contributed by atoms with Gasteiger partial charge in [0.1, 0.15) is 11.7 Å². The van der Waals surface area contributed by atoms with Gasteiger partial charge in [0, 0.05) is 0 Å². The highest BCUT2D eigenvalue weighted by atomic mass is 17.1. The van der Waals surface area contributed by atoms with Gasteiger partial charge in [0.15, 0.2) is 0 Å². The van der Waals surface area contributed by atoms with Gasteiger partial charge in [-0.15, -0.1) is 0 Å². The van der Waals surface area contributed by atoms with Crippen LogP contribution in [0.1, 0.15) is 50.5 Å². The minimum absolute atomic E-state index is 0.155. The van der Waals surface area contributed by atoms with Crippen LogP contribution in [0.15, 0.2) is 30.3 Å². The molecule has 1 aromatic rings. The molecule has 1 saturated heterocycles. The standard InChI is InChI=1S/C21H31NO3/c23-21(18-11-4-5-12-18,17-9-2-1-3-10-17)20(25-24)19-15-7-6-8-16(19)14-22-13-15/h1-3,9-10,15-16,18-20,22-24H,4-8,11-14H2/t15?,16?,19?,20?,21-/m0/s1. The Kier molecular flexibility index (Phi) is 5.14. The molecule has 138 valence electrons. The summed E-state index contributed by atoms with van der Waals surface area (Å²) in [5.41, 5.74) is -0.208. The fourth-order valence-corrected chi connectivity index (χ4v) is 5.98. The average Bonchev–Trinajstić information content (AvgIpc) is 3.18. The van der Waals surface area contributed by atoms with Gasteiger partial charge in [-0.05, 0) is 68.0 Å². The van der Waals surface area contributed by atoms with E-state index in [2.05, 4.69) is 5.32 Å². The number of nitrogens with one attached hydrogen (secondary N) is 1. The Morgan fingerprint density at radius 2 is 1.60 bits per heavy atom. The van der Waals surface area contributed by atoms with E-state index >= 15 is 0 Å². The van der Waals surface area contributed by atoms with Gasteiger partial charge in [-0.25, -0.2) is 4.89 Å². The molecule has 1 aliphatic heterocycles. The van der Waals surface area contributed by atoms with Gasteiger partial charge >= 0.3 is 0 Å². The Balaban J connectivity index is 1.74. The minimum atomic E-state index is -1.11. The summed E-state index contributed by atoms with van der Waals surface area (Å²) >= 11 is 0. The topological polar surface area (TPSA) is 61.7 Å². The first-order valence-electron chi connectivity index (χ1n) is 10.0. The largest absolute Gasteiger partial charge is 0.382 e. The van der Waals surface area contributed by atoms with Gasteiger partial charge in [-0.3, -0.25) is 5.26 Å². The van der Waals surface area contributed by atoms with E-state index in [1.807, 2.05) is 30.3 Å². The molecule has 2 aliphatic carbocycles. The summed E-state index contributed by atoms with van der Waals surface area (Å²) in [6, 6.07) is 9.94. The zero-order valence-corrected chi connectivity index (χ0v) is 14.9. The molecule has 4 heteroatoms. The highest BCUT2D eigenvalue weighted by Crippen LogP contribution is 2.50. The molecule has 3 aliphatic rings. The fraction of sp³-hybridized carbons (Fsp3) is 0.714. The van der Waals surface area contributed by atoms with Crippen molar-refractivity contribution in [1.29, 1.82) is 0 Å². The number of piperidine rings is 1. The average molecular weight is 345 g/mol. The van der Waals surface area contributed by atoms with E-state index in [1.165, 1.54) is 6.42 Å². The molecular weight excluding hydrogens is 314 g/mol. The molecular formula is C21H31NO3. The van der Waals surface area contributed by atoms with Crippen molar-refractivity contribution in [2.75, 3.05) is 13.1 Å². The van der Waals surface area contributed by atoms with E-state index in [1.54, 1.807) is 0 Å². The van der Waals surface area contributed by atoms with Crippen molar-refractivity contribution in [1.82, 2.24) is 5.32 Å². The smallest absolute Gasteiger partial charge is 0.129 e. The van der Waals surface area contributed by atoms with Crippen LogP contribution >= 0.6 is 0 Å². The Morgan fingerprint density at radius 1 is 0.960 bits per heavy atom. The second kappa shape index (κ2) is 7.36. The third-order valence-electron chi connectivity index (χ3n) is 7.16. The van der Waals surface area contributed by atoms with E-state index < -0.39 is 11.7 Å². The third kappa shape index (κ3) is 3.03. The van der Waals surface area contributed by atoms with Crippen molar-refractivity contribution in [3.05, 3.63) is 35.9 Å². The van der Waals surface area contributed by atoms with Crippen LogP contribution in [0.3, 0.4) is 0 Å². The van der Waals surface area contributed by atoms with Crippen molar-refractivity contribution >= 4 is 0 Å². The van der Waals surface area contributed by atoms with E-state index in [9.17, 15) is 10.4 Å². The van der Waals surface area contributed by atoms with Gasteiger partial charge in [-0.2, -0.15) is 0 Å². The van der Waals surface area contributed by atoms with Crippen LogP contribution in [0.4, 0.5) is 0 Å². The Morgan fingerprint density at radius 3 is 2.20 bits per heavy atom. The number of benzene rings is 1. The third-order valence-corrected chi connectivity index (χ3v) is 7.16. The molecule has 3 fully saturated rings. The Labute approximate surface area is 150 Å². The van der Waals surface area contributed by atoms with Crippen LogP contribution in [0.5, 0.6) is 0 Å². The molecule has 1 heterocycles. The van der Waals surface area contributed by atoms with Crippen LogP contribution in [-0.2, 0) is 10.5 Å². The maximum atomic E-state index is 12.0. The van der Waals surface area contributed by atoms with Crippen molar-refractivity contribution in [2.24, 2.45) is 23.7 Å². The van der Waals surface area contributed by atoms with E-state index in [0.717, 1.165) is 57.2 Å². The van der Waals surface area contributed by atoms with Crippen molar-refractivity contribution in [2.45, 2.75) is 56.7 Å². The van der Waals surface area contributed by atoms with Crippen LogP contribution in [0, 0.1) is 23.7 Å². The molecule has 4 rings (SSSR count). The van der Waals surface area contributed by atoms with Crippen molar-refractivity contribution in [3.63, 3.8) is 0 Å². The second-order valence-electron chi connectivity index (χ2n) is 8.39. The van der Waals surface area contributed by atoms with E-state index in [-0.39, 0.29) is 11.8 Å². The van der Waals surface area contributed by atoms with E-state index in [0.29, 0.717) is 11.8 Å². The molecule has 4 atom stereocenters. The lowest BCUT2D eigenvalue weighted by atomic mass is 9.61. The predicted octanol–water partition coefficient (Wildman–Crippen LogP) is 3.56. The van der Waals surface area contributed by atoms with Crippen LogP contribution in [0.2, 0.25) is 0 Å². The first-order chi connectivity index (χ1) is 12.2. The lowest BCUT2D eigenvalue weighted by molar-refractivity contribution is -0.348. The normalized spacial score (nSPS) is 33.8. The molecule has 0 spiro atoms. The summed E-state index contributed by atoms with van der Waals surface area (Å²) in [6.07, 6.45) is 7.33. The van der Waals surface area contributed by atoms with Crippen molar-refractivity contribution < 1.29 is 15.3 Å². The quantitative estimate of drug-likeness (QED) is 0.564. The number of hydrogen-bond acceptors (Lipinski definition) is 4. The first kappa shape index (κ1) is 17.5. The van der Waals surface area contributed by atoms with Crippen LogP contribution in [0.25, 0.3) is 0 Å². The fourth-order valence-electron chi connectivity index (χ4n) is 5.98. The van der Waals surface area contributed by atoms with Crippen molar-refractivity contribution in [3.8, 4) is 0 Å². The zero-order valence-electron chi connectivity index (χ0n) is 14.9. The summed E-state index contributed by atoms with van der Waals surface area (Å²) in [5.74, 6) is 1.32. The minimum Gasteiger partial charge on any atom is -0.382 e. The highest BCUT2D eigenvalue weighted by molar-refractivity contribution is 5.26. The molecule has 0 amide bonds. The first-order valence-corrected chi connectivity index (χ1v) is 10.0. The molecule has 0 aromatic heterocycles. The molecule has 1 aromatic carbocycles. The maximum absolute atomic E-state index is 12.0. The van der Waals surface area contributed by atoms with Gasteiger partial charge < -0.3 is 10.4 Å². The summed E-state index contributed by atoms with van der Waals surface area (Å²) in [7, 11) is 0. The monoisotopic (exact) mass is 345 g/mol. The number of hydrogen-bond donors (Lipinski definition) is 3. The van der Waals surface area contributed by atoms with Crippen LogP contribution in [-0.4, -0.2) is 29.6 Å². The summed E-state index contributed by atoms with van der Waals surface area (Å²) in [4.78, 5) is 5.18. The summed E-state index contributed by atoms with van der Waals surface area (Å²) < 4.78 is 0. The lowest BCUT2D eigenvalue weighted by Crippen LogP contribution is -2.58. The molecule has 2 bridgehead atoms. The number of fused-ring (bicyclic) bond motifs is 2. The summed E-state index contributed by atoms with van der Waals surface area (Å²) in [6.45, 7) is 1.94. The summed E-state index contributed by atoms with van der Waals surface area (Å²) in [5, 5.41) is 25.6. The maximum Gasteiger partial charge on any atom is 0.129 e. The highest BCUT2D eigenvalue weighted by Gasteiger charge is 2.54. The molecule has 3 N–H and O–H groups in total. The van der Waals surface area contributed by atoms with Gasteiger partial charge in [0.25, 0.3) is 0 Å².